The number of nitrogens with two attached hydrogens (primary N) is 1. The Balaban J connectivity index is 1.27. The van der Waals surface area contributed by atoms with E-state index in [1.807, 2.05) is 18.2 Å². The molecule has 11 nitrogen and oxygen atoms in total. The number of carbonyl (C=O) groups excluding carboxylic acids is 4. The summed E-state index contributed by atoms with van der Waals surface area (Å²) in [7, 11) is 5.35. The van der Waals surface area contributed by atoms with Crippen molar-refractivity contribution in [3.8, 4) is 11.3 Å². The second-order valence-electron chi connectivity index (χ2n) is 12.7. The molecule has 4 amide bonds. The average molecular weight is 640 g/mol. The molecule has 2 aliphatic rings. The smallest absolute Gasteiger partial charge is 0.255 e. The van der Waals surface area contributed by atoms with E-state index in [1.165, 1.54) is 12.6 Å². The van der Waals surface area contributed by atoms with Crippen LogP contribution in [-0.4, -0.2) is 104 Å². The topological polar surface area (TPSA) is 132 Å². The standard InChI is InChI=1S/C36H45N7O4/c1-40(2)35(46)25-13-18-42(19-14-25)21-20-41(3)36(47)28-9-7-8-27(22-28)34(45)39-31-11-10-29(43-16-5-4-6-17-43)24-30(31)32-23-26(33(37)44)12-15-38-32/h7-12,15,22-25H,4-6,13-14,16-21H2,1-3H3,(H2,37,44)(H,39,45). The summed E-state index contributed by atoms with van der Waals surface area (Å²) in [5.74, 6) is -0.846. The van der Waals surface area contributed by atoms with Gasteiger partial charge >= 0.3 is 0 Å². The zero-order valence-electron chi connectivity index (χ0n) is 27.6. The van der Waals surface area contributed by atoms with Crippen LogP contribution < -0.4 is 16.0 Å². The molecule has 0 aliphatic carbocycles. The molecule has 2 saturated heterocycles. The molecule has 2 aromatic carbocycles. The first-order valence-electron chi connectivity index (χ1n) is 16.4. The van der Waals surface area contributed by atoms with Gasteiger partial charge in [-0.3, -0.25) is 24.2 Å². The van der Waals surface area contributed by atoms with Crippen molar-refractivity contribution in [2.45, 2.75) is 32.1 Å². The largest absolute Gasteiger partial charge is 0.372 e. The van der Waals surface area contributed by atoms with Gasteiger partial charge in [0.15, 0.2) is 0 Å². The van der Waals surface area contributed by atoms with E-state index in [2.05, 4.69) is 20.1 Å². The summed E-state index contributed by atoms with van der Waals surface area (Å²) in [6, 6.07) is 15.7. The van der Waals surface area contributed by atoms with Crippen LogP contribution in [0.5, 0.6) is 0 Å². The molecule has 3 N–H and O–H groups in total. The van der Waals surface area contributed by atoms with Crippen LogP contribution in [0.2, 0.25) is 0 Å². The summed E-state index contributed by atoms with van der Waals surface area (Å²) in [5, 5.41) is 3.01. The van der Waals surface area contributed by atoms with Crippen molar-refractivity contribution in [3.05, 3.63) is 77.5 Å². The van der Waals surface area contributed by atoms with Crippen LogP contribution >= 0.6 is 0 Å². The molecule has 3 aromatic rings. The lowest BCUT2D eigenvalue weighted by Gasteiger charge is -2.33. The van der Waals surface area contributed by atoms with Gasteiger partial charge in [0.1, 0.15) is 0 Å². The first kappa shape index (κ1) is 33.6. The summed E-state index contributed by atoms with van der Waals surface area (Å²) in [6.45, 7) is 4.80. The maximum Gasteiger partial charge on any atom is 0.255 e. The summed E-state index contributed by atoms with van der Waals surface area (Å²) in [4.78, 5) is 63.6. The van der Waals surface area contributed by atoms with Gasteiger partial charge in [-0.1, -0.05) is 6.07 Å². The molecule has 2 aliphatic heterocycles. The Labute approximate surface area is 276 Å². The normalized spacial score (nSPS) is 15.6. The van der Waals surface area contributed by atoms with Crippen LogP contribution in [0.3, 0.4) is 0 Å². The third-order valence-corrected chi connectivity index (χ3v) is 9.14. The molecule has 0 saturated carbocycles. The molecule has 0 bridgehead atoms. The Morgan fingerprint density at radius 2 is 1.60 bits per heavy atom. The van der Waals surface area contributed by atoms with E-state index in [-0.39, 0.29) is 23.6 Å². The lowest BCUT2D eigenvalue weighted by Crippen LogP contribution is -2.43. The fourth-order valence-corrected chi connectivity index (χ4v) is 6.30. The zero-order chi connectivity index (χ0) is 33.5. The molecular weight excluding hydrogens is 594 g/mol. The van der Waals surface area contributed by atoms with E-state index in [1.54, 1.807) is 67.3 Å². The molecule has 2 fully saturated rings. The Bertz CT molecular complexity index is 1610. The van der Waals surface area contributed by atoms with Crippen LogP contribution in [-0.2, 0) is 4.79 Å². The molecule has 0 unspecified atom stereocenters. The van der Waals surface area contributed by atoms with Crippen molar-refractivity contribution in [3.63, 3.8) is 0 Å². The van der Waals surface area contributed by atoms with Crippen molar-refractivity contribution in [1.29, 1.82) is 0 Å². The van der Waals surface area contributed by atoms with Gasteiger partial charge in [-0.05, 0) is 93.7 Å². The predicted molar refractivity (Wildman–Crippen MR) is 183 cm³/mol. The van der Waals surface area contributed by atoms with Gasteiger partial charge in [-0.2, -0.15) is 0 Å². The summed E-state index contributed by atoms with van der Waals surface area (Å²) < 4.78 is 0. The van der Waals surface area contributed by atoms with Gasteiger partial charge in [-0.25, -0.2) is 0 Å². The van der Waals surface area contributed by atoms with Gasteiger partial charge in [0.05, 0.1) is 11.4 Å². The fraction of sp³-hybridized carbons (Fsp3) is 0.417. The molecule has 5 rings (SSSR count). The number of hydrogen-bond acceptors (Lipinski definition) is 7. The van der Waals surface area contributed by atoms with Crippen LogP contribution in [0.4, 0.5) is 11.4 Å². The number of anilines is 2. The van der Waals surface area contributed by atoms with Crippen molar-refractivity contribution < 1.29 is 19.2 Å². The maximum absolute atomic E-state index is 13.6. The molecule has 248 valence electrons. The number of nitrogens with zero attached hydrogens (tertiary/aromatic N) is 5. The number of amides is 4. The molecular formula is C36H45N7O4. The molecule has 11 heteroatoms. The number of carbonyl (C=O) groups is 4. The van der Waals surface area contributed by atoms with Gasteiger partial charge < -0.3 is 30.7 Å². The molecule has 3 heterocycles. The third-order valence-electron chi connectivity index (χ3n) is 9.14. The van der Waals surface area contributed by atoms with Crippen molar-refractivity contribution >= 4 is 35.0 Å². The highest BCUT2D eigenvalue weighted by Gasteiger charge is 2.26. The van der Waals surface area contributed by atoms with Crippen molar-refractivity contribution in [2.75, 3.05) is 70.6 Å². The van der Waals surface area contributed by atoms with E-state index < -0.39 is 5.91 Å². The predicted octanol–water partition coefficient (Wildman–Crippen LogP) is 3.96. The zero-order valence-corrected chi connectivity index (χ0v) is 27.6. The Kier molecular flexibility index (Phi) is 10.9. The lowest BCUT2D eigenvalue weighted by atomic mass is 9.95. The highest BCUT2D eigenvalue weighted by atomic mass is 16.2. The number of benzene rings is 2. The second-order valence-corrected chi connectivity index (χ2v) is 12.7. The van der Waals surface area contributed by atoms with Gasteiger partial charge in [0.2, 0.25) is 11.8 Å². The van der Waals surface area contributed by atoms with E-state index in [0.717, 1.165) is 57.5 Å². The number of pyridine rings is 1. The minimum atomic E-state index is -0.557. The lowest BCUT2D eigenvalue weighted by molar-refractivity contribution is -0.134. The third kappa shape index (κ3) is 8.34. The van der Waals surface area contributed by atoms with E-state index in [0.29, 0.717) is 46.7 Å². The number of hydrogen-bond donors (Lipinski definition) is 2. The summed E-state index contributed by atoms with van der Waals surface area (Å²) in [5.41, 5.74) is 9.40. The molecule has 0 atom stereocenters. The van der Waals surface area contributed by atoms with E-state index >= 15 is 0 Å². The van der Waals surface area contributed by atoms with Crippen molar-refractivity contribution in [1.82, 2.24) is 19.7 Å². The fourth-order valence-electron chi connectivity index (χ4n) is 6.30. The maximum atomic E-state index is 13.6. The minimum absolute atomic E-state index is 0.0646. The number of likely N-dealkylation sites (N-methyl/N-ethyl adjacent to an activating group) is 1. The van der Waals surface area contributed by atoms with Crippen LogP contribution in [0.15, 0.2) is 60.8 Å². The molecule has 0 spiro atoms. The van der Waals surface area contributed by atoms with Crippen molar-refractivity contribution in [2.24, 2.45) is 11.7 Å². The monoisotopic (exact) mass is 639 g/mol. The number of aromatic nitrogens is 1. The molecule has 0 radical (unpaired) electrons. The Hall–Kier alpha value is -4.77. The second kappa shape index (κ2) is 15.2. The molecule has 1 aromatic heterocycles. The molecule has 47 heavy (non-hydrogen) atoms. The Morgan fingerprint density at radius 3 is 2.30 bits per heavy atom. The number of rotatable bonds is 10. The Morgan fingerprint density at radius 1 is 0.872 bits per heavy atom. The van der Waals surface area contributed by atoms with Gasteiger partial charge in [-0.15, -0.1) is 0 Å². The quantitative estimate of drug-likeness (QED) is 0.343. The number of nitrogens with one attached hydrogen (secondary N) is 1. The average Bonchev–Trinajstić information content (AvgIpc) is 3.10. The summed E-state index contributed by atoms with van der Waals surface area (Å²) in [6.07, 6.45) is 6.61. The minimum Gasteiger partial charge on any atom is -0.372 e. The van der Waals surface area contributed by atoms with E-state index in [9.17, 15) is 19.2 Å². The number of piperidine rings is 2. The van der Waals surface area contributed by atoms with E-state index in [4.69, 9.17) is 5.73 Å². The number of likely N-dealkylation sites (tertiary alicyclic amines) is 1. The van der Waals surface area contributed by atoms with Gasteiger partial charge in [0.25, 0.3) is 11.8 Å². The first-order valence-corrected chi connectivity index (χ1v) is 16.4. The van der Waals surface area contributed by atoms with Gasteiger partial charge in [0, 0.05) is 87.4 Å². The highest BCUT2D eigenvalue weighted by Crippen LogP contribution is 2.33. The SMILES string of the molecule is CN(C)C(=O)C1CCN(CCN(C)C(=O)c2cccc(C(=O)Nc3ccc(N4CCCCC4)cc3-c3cc(C(N)=O)ccn3)c2)CC1. The van der Waals surface area contributed by atoms with Crippen LogP contribution in [0.1, 0.15) is 63.2 Å². The summed E-state index contributed by atoms with van der Waals surface area (Å²) >= 11 is 0. The van der Waals surface area contributed by atoms with Crippen LogP contribution in [0, 0.1) is 5.92 Å². The highest BCUT2D eigenvalue weighted by molar-refractivity contribution is 6.08. The van der Waals surface area contributed by atoms with Crippen LogP contribution in [0.25, 0.3) is 11.3 Å². The number of primary amides is 1. The first-order chi connectivity index (χ1) is 22.6.